The van der Waals surface area contributed by atoms with Gasteiger partial charge in [0.2, 0.25) is 15.9 Å². The maximum atomic E-state index is 12.5. The Morgan fingerprint density at radius 1 is 0.970 bits per heavy atom. The second-order valence-corrected chi connectivity index (χ2v) is 8.62. The predicted octanol–water partition coefficient (Wildman–Crippen LogP) is 2.98. The zero-order valence-corrected chi connectivity index (χ0v) is 19.1. The molecule has 0 unspecified atom stereocenters. The van der Waals surface area contributed by atoms with Crippen molar-refractivity contribution in [1.29, 1.82) is 0 Å². The van der Waals surface area contributed by atoms with Crippen molar-refractivity contribution in [2.75, 3.05) is 26.1 Å². The Balaban J connectivity index is 1.51. The Kier molecular flexibility index (Phi) is 8.22. The molecule has 0 bridgehead atoms. The standard InChI is InChI=1S/C23H25N3O6S/c1-30-21-10-9-20(15-22(21)31-2)33(28,29)25-13-11-23(27)26-17-7-5-8-19(14-17)32-16-18-6-3-4-12-24-18/h3-10,12,14-15,25H,11,13,16H2,1-2H3,(H,26,27). The minimum Gasteiger partial charge on any atom is -0.493 e. The van der Waals surface area contributed by atoms with Crippen LogP contribution in [0.5, 0.6) is 17.2 Å². The predicted molar refractivity (Wildman–Crippen MR) is 123 cm³/mol. The van der Waals surface area contributed by atoms with E-state index < -0.39 is 10.0 Å². The maximum Gasteiger partial charge on any atom is 0.240 e. The van der Waals surface area contributed by atoms with Gasteiger partial charge in [-0.1, -0.05) is 12.1 Å². The van der Waals surface area contributed by atoms with Crippen LogP contribution in [0, 0.1) is 0 Å². The number of nitrogens with one attached hydrogen (secondary N) is 2. The highest BCUT2D eigenvalue weighted by Crippen LogP contribution is 2.29. The molecular formula is C23H25N3O6S. The molecule has 0 aliphatic heterocycles. The highest BCUT2D eigenvalue weighted by atomic mass is 32.2. The zero-order valence-electron chi connectivity index (χ0n) is 18.3. The van der Waals surface area contributed by atoms with Crippen molar-refractivity contribution in [2.24, 2.45) is 0 Å². The lowest BCUT2D eigenvalue weighted by atomic mass is 10.3. The number of nitrogens with zero attached hydrogens (tertiary/aromatic N) is 1. The van der Waals surface area contributed by atoms with Gasteiger partial charge in [0.05, 0.1) is 24.8 Å². The number of carbonyl (C=O) groups is 1. The van der Waals surface area contributed by atoms with Gasteiger partial charge in [-0.05, 0) is 36.4 Å². The first-order valence-electron chi connectivity index (χ1n) is 10.1. The second kappa shape index (κ2) is 11.3. The number of hydrogen-bond donors (Lipinski definition) is 2. The van der Waals surface area contributed by atoms with Gasteiger partial charge in [0.25, 0.3) is 0 Å². The first-order valence-corrected chi connectivity index (χ1v) is 11.5. The van der Waals surface area contributed by atoms with Crippen LogP contribution in [0.4, 0.5) is 5.69 Å². The molecule has 0 saturated heterocycles. The minimum absolute atomic E-state index is 0.0123. The Bertz CT molecular complexity index is 1190. The van der Waals surface area contributed by atoms with Crippen LogP contribution in [0.2, 0.25) is 0 Å². The molecule has 174 valence electrons. The van der Waals surface area contributed by atoms with E-state index in [2.05, 4.69) is 15.0 Å². The van der Waals surface area contributed by atoms with Crippen molar-refractivity contribution >= 4 is 21.6 Å². The molecule has 0 atom stereocenters. The fraction of sp³-hybridized carbons (Fsp3) is 0.217. The molecule has 3 rings (SSSR count). The summed E-state index contributed by atoms with van der Waals surface area (Å²) in [6.07, 6.45) is 1.64. The molecule has 1 amide bonds. The summed E-state index contributed by atoms with van der Waals surface area (Å²) in [7, 11) is -0.934. The van der Waals surface area contributed by atoms with E-state index in [-0.39, 0.29) is 23.8 Å². The fourth-order valence-corrected chi connectivity index (χ4v) is 3.94. The van der Waals surface area contributed by atoms with Crippen LogP contribution >= 0.6 is 0 Å². The first-order chi connectivity index (χ1) is 15.9. The molecule has 33 heavy (non-hydrogen) atoms. The van der Waals surface area contributed by atoms with E-state index in [1.165, 1.54) is 32.4 Å². The van der Waals surface area contributed by atoms with E-state index in [1.54, 1.807) is 30.5 Å². The third kappa shape index (κ3) is 6.93. The summed E-state index contributed by atoms with van der Waals surface area (Å²) in [5.74, 6) is 0.949. The molecule has 0 aliphatic rings. The van der Waals surface area contributed by atoms with Crippen molar-refractivity contribution < 1.29 is 27.4 Å². The van der Waals surface area contributed by atoms with Gasteiger partial charge in [0.15, 0.2) is 11.5 Å². The van der Waals surface area contributed by atoms with Gasteiger partial charge in [0, 0.05) is 37.0 Å². The van der Waals surface area contributed by atoms with E-state index >= 15 is 0 Å². The average molecular weight is 472 g/mol. The fourth-order valence-electron chi connectivity index (χ4n) is 2.89. The number of ether oxygens (including phenoxy) is 3. The number of carbonyl (C=O) groups excluding carboxylic acids is 1. The largest absolute Gasteiger partial charge is 0.493 e. The van der Waals surface area contributed by atoms with Crippen LogP contribution in [0.25, 0.3) is 0 Å². The summed E-state index contributed by atoms with van der Waals surface area (Å²) in [4.78, 5) is 16.5. The van der Waals surface area contributed by atoms with Crippen LogP contribution in [-0.2, 0) is 21.4 Å². The number of hydrogen-bond acceptors (Lipinski definition) is 7. The summed E-state index contributed by atoms with van der Waals surface area (Å²) in [6, 6.07) is 16.8. The van der Waals surface area contributed by atoms with E-state index in [1.807, 2.05) is 18.2 Å². The van der Waals surface area contributed by atoms with E-state index in [0.29, 0.717) is 29.5 Å². The summed E-state index contributed by atoms with van der Waals surface area (Å²) in [5, 5.41) is 2.73. The molecule has 0 fully saturated rings. The van der Waals surface area contributed by atoms with Crippen LogP contribution in [0.3, 0.4) is 0 Å². The summed E-state index contributed by atoms with van der Waals surface area (Å²) in [6.45, 7) is 0.231. The lowest BCUT2D eigenvalue weighted by Gasteiger charge is -2.11. The van der Waals surface area contributed by atoms with E-state index in [0.717, 1.165) is 5.69 Å². The molecule has 0 aliphatic carbocycles. The lowest BCUT2D eigenvalue weighted by molar-refractivity contribution is -0.116. The van der Waals surface area contributed by atoms with Gasteiger partial charge in [-0.25, -0.2) is 13.1 Å². The van der Waals surface area contributed by atoms with Gasteiger partial charge in [-0.3, -0.25) is 9.78 Å². The SMILES string of the molecule is COc1ccc(S(=O)(=O)NCCC(=O)Nc2cccc(OCc3ccccn3)c2)cc1OC. The van der Waals surface area contributed by atoms with Crippen molar-refractivity contribution in [3.05, 3.63) is 72.6 Å². The molecule has 10 heteroatoms. The quantitative estimate of drug-likeness (QED) is 0.442. The topological polar surface area (TPSA) is 116 Å². The Hall–Kier alpha value is -3.63. The summed E-state index contributed by atoms with van der Waals surface area (Å²) < 4.78 is 43.4. The lowest BCUT2D eigenvalue weighted by Crippen LogP contribution is -2.27. The van der Waals surface area contributed by atoms with Crippen LogP contribution in [-0.4, -0.2) is 40.1 Å². The Morgan fingerprint density at radius 3 is 2.52 bits per heavy atom. The molecule has 0 saturated carbocycles. The molecule has 2 N–H and O–H groups in total. The third-order valence-electron chi connectivity index (χ3n) is 4.54. The number of amides is 1. The number of anilines is 1. The highest BCUT2D eigenvalue weighted by molar-refractivity contribution is 7.89. The van der Waals surface area contributed by atoms with Crippen molar-refractivity contribution in [3.63, 3.8) is 0 Å². The van der Waals surface area contributed by atoms with Gasteiger partial charge in [-0.2, -0.15) is 0 Å². The number of rotatable bonds is 11. The van der Waals surface area contributed by atoms with E-state index in [9.17, 15) is 13.2 Å². The van der Waals surface area contributed by atoms with Gasteiger partial charge in [0.1, 0.15) is 12.4 Å². The van der Waals surface area contributed by atoms with Crippen LogP contribution in [0.15, 0.2) is 71.8 Å². The molecular weight excluding hydrogens is 446 g/mol. The summed E-state index contributed by atoms with van der Waals surface area (Å²) >= 11 is 0. The number of pyridine rings is 1. The van der Waals surface area contributed by atoms with Crippen LogP contribution < -0.4 is 24.2 Å². The van der Waals surface area contributed by atoms with Gasteiger partial charge in [-0.15, -0.1) is 0 Å². The van der Waals surface area contributed by atoms with Crippen molar-refractivity contribution in [1.82, 2.24) is 9.71 Å². The Labute approximate surface area is 192 Å². The normalized spacial score (nSPS) is 11.0. The average Bonchev–Trinajstić information content (AvgIpc) is 2.83. The second-order valence-electron chi connectivity index (χ2n) is 6.85. The molecule has 2 aromatic carbocycles. The molecule has 3 aromatic rings. The van der Waals surface area contributed by atoms with Gasteiger partial charge < -0.3 is 19.5 Å². The molecule has 9 nitrogen and oxygen atoms in total. The monoisotopic (exact) mass is 471 g/mol. The molecule has 0 radical (unpaired) electrons. The number of benzene rings is 2. The number of methoxy groups -OCH3 is 2. The molecule has 0 spiro atoms. The Morgan fingerprint density at radius 2 is 1.79 bits per heavy atom. The highest BCUT2D eigenvalue weighted by Gasteiger charge is 2.17. The van der Waals surface area contributed by atoms with E-state index in [4.69, 9.17) is 14.2 Å². The first kappa shape index (κ1) is 24.0. The van der Waals surface area contributed by atoms with Crippen molar-refractivity contribution in [2.45, 2.75) is 17.9 Å². The van der Waals surface area contributed by atoms with Gasteiger partial charge >= 0.3 is 0 Å². The number of sulfonamides is 1. The minimum atomic E-state index is -3.82. The number of aromatic nitrogens is 1. The van der Waals surface area contributed by atoms with Crippen LogP contribution in [0.1, 0.15) is 12.1 Å². The third-order valence-corrected chi connectivity index (χ3v) is 6.00. The van der Waals surface area contributed by atoms with Crippen molar-refractivity contribution in [3.8, 4) is 17.2 Å². The molecule has 1 aromatic heterocycles. The molecule has 1 heterocycles. The maximum absolute atomic E-state index is 12.5. The smallest absolute Gasteiger partial charge is 0.240 e. The summed E-state index contributed by atoms with van der Waals surface area (Å²) in [5.41, 5.74) is 1.33. The zero-order chi connectivity index (χ0) is 23.7.